The molecule has 31 heavy (non-hydrogen) atoms. The Morgan fingerprint density at radius 2 is 1.84 bits per heavy atom. The van der Waals surface area contributed by atoms with Crippen LogP contribution in [0, 0.1) is 0 Å². The van der Waals surface area contributed by atoms with Crippen molar-refractivity contribution in [2.45, 2.75) is 51.2 Å². The maximum absolute atomic E-state index is 13.2. The van der Waals surface area contributed by atoms with Gasteiger partial charge >= 0.3 is 6.18 Å². The molecule has 0 N–H and O–H groups in total. The van der Waals surface area contributed by atoms with Gasteiger partial charge in [0.2, 0.25) is 5.91 Å². The van der Waals surface area contributed by atoms with E-state index in [1.54, 1.807) is 6.92 Å². The number of anilines is 1. The van der Waals surface area contributed by atoms with Gasteiger partial charge < -0.3 is 9.64 Å². The first-order valence-electron chi connectivity index (χ1n) is 11.2. The largest absolute Gasteiger partial charge is 0.433 e. The Morgan fingerprint density at radius 3 is 2.42 bits per heavy atom. The van der Waals surface area contributed by atoms with Crippen LogP contribution in [0.2, 0.25) is 0 Å². The highest BCUT2D eigenvalue weighted by molar-refractivity contribution is 5.92. The van der Waals surface area contributed by atoms with E-state index in [9.17, 15) is 18.0 Å². The molecule has 0 aromatic carbocycles. The second-order valence-electron chi connectivity index (χ2n) is 8.38. The minimum absolute atomic E-state index is 0.0668. The molecule has 9 heteroatoms. The Morgan fingerprint density at radius 1 is 1.16 bits per heavy atom. The summed E-state index contributed by atoms with van der Waals surface area (Å²) >= 11 is 0. The molecule has 1 aromatic heterocycles. The first-order valence-corrected chi connectivity index (χ1v) is 11.2. The minimum atomic E-state index is -4.55. The van der Waals surface area contributed by atoms with Crippen molar-refractivity contribution in [3.8, 4) is 0 Å². The van der Waals surface area contributed by atoms with E-state index in [1.807, 2.05) is 0 Å². The third-order valence-electron chi connectivity index (χ3n) is 6.36. The van der Waals surface area contributed by atoms with Gasteiger partial charge in [0, 0.05) is 57.9 Å². The molecule has 174 valence electrons. The fourth-order valence-electron chi connectivity index (χ4n) is 4.60. The lowest BCUT2D eigenvalue weighted by molar-refractivity contribution is -0.141. The highest BCUT2D eigenvalue weighted by Gasteiger charge is 2.42. The van der Waals surface area contributed by atoms with Gasteiger partial charge in [-0.25, -0.2) is 4.98 Å². The Labute approximate surface area is 182 Å². The van der Waals surface area contributed by atoms with E-state index in [2.05, 4.69) is 21.7 Å². The third-order valence-corrected chi connectivity index (χ3v) is 6.36. The molecular weight excluding hydrogens is 409 g/mol. The van der Waals surface area contributed by atoms with Gasteiger partial charge in [-0.15, -0.1) is 0 Å². The minimum Gasteiger partial charge on any atom is -0.381 e. The van der Waals surface area contributed by atoms with Gasteiger partial charge in [0.1, 0.15) is 11.5 Å². The van der Waals surface area contributed by atoms with Crippen LogP contribution in [0.1, 0.15) is 45.2 Å². The number of carbonyl (C=O) groups is 1. The molecule has 0 bridgehead atoms. The van der Waals surface area contributed by atoms with E-state index >= 15 is 0 Å². The van der Waals surface area contributed by atoms with Crippen LogP contribution >= 0.6 is 0 Å². The van der Waals surface area contributed by atoms with Crippen molar-refractivity contribution >= 4 is 11.7 Å². The van der Waals surface area contributed by atoms with Crippen molar-refractivity contribution in [1.29, 1.82) is 0 Å². The van der Waals surface area contributed by atoms with Crippen LogP contribution in [0.25, 0.3) is 0 Å². The van der Waals surface area contributed by atoms with Crippen molar-refractivity contribution in [3.05, 3.63) is 23.9 Å². The molecular formula is C22H33F3N4O2. The number of halogens is 3. The van der Waals surface area contributed by atoms with Crippen LogP contribution in [-0.4, -0.2) is 78.7 Å². The molecule has 6 nitrogen and oxygen atoms in total. The average Bonchev–Trinajstić information content (AvgIpc) is 2.78. The van der Waals surface area contributed by atoms with Crippen molar-refractivity contribution in [1.82, 2.24) is 14.8 Å². The predicted molar refractivity (Wildman–Crippen MR) is 113 cm³/mol. The Hall–Kier alpha value is -1.71. The van der Waals surface area contributed by atoms with E-state index in [0.717, 1.165) is 58.1 Å². The Balaban J connectivity index is 1.87. The summed E-state index contributed by atoms with van der Waals surface area (Å²) in [7, 11) is 0. The number of carbonyl (C=O) groups excluding carboxylic acids is 1. The van der Waals surface area contributed by atoms with Crippen LogP contribution < -0.4 is 4.90 Å². The van der Waals surface area contributed by atoms with E-state index in [-0.39, 0.29) is 23.7 Å². The number of pyridine rings is 1. The second kappa shape index (κ2) is 10.3. The SMILES string of the molecule is CCCN1CCN(C2(CN(C(=O)CC)c3cccc(C(F)(F)F)n3)CCOCC2)CC1. The van der Waals surface area contributed by atoms with Gasteiger partial charge in [-0.3, -0.25) is 14.6 Å². The number of rotatable bonds is 7. The van der Waals surface area contributed by atoms with Gasteiger partial charge in [0.25, 0.3) is 0 Å². The monoisotopic (exact) mass is 442 g/mol. The maximum Gasteiger partial charge on any atom is 0.433 e. The van der Waals surface area contributed by atoms with Crippen molar-refractivity contribution in [2.75, 3.05) is 57.4 Å². The summed E-state index contributed by atoms with van der Waals surface area (Å²) in [5.74, 6) is -0.153. The molecule has 2 aliphatic heterocycles. The molecule has 0 saturated carbocycles. The maximum atomic E-state index is 13.2. The standard InChI is InChI=1S/C22H33F3N4O2/c1-3-10-27-11-13-28(14-12-27)21(8-15-31-16-9-21)17-29(20(30)4-2)19-7-5-6-18(26-19)22(23,24)25/h5-7H,3-4,8-17H2,1-2H3. The van der Waals surface area contributed by atoms with Crippen LogP contribution in [0.3, 0.4) is 0 Å². The first-order chi connectivity index (χ1) is 14.8. The smallest absolute Gasteiger partial charge is 0.381 e. The van der Waals surface area contributed by atoms with E-state index in [4.69, 9.17) is 4.74 Å². The molecule has 0 atom stereocenters. The van der Waals surface area contributed by atoms with Gasteiger partial charge in [-0.05, 0) is 37.9 Å². The third kappa shape index (κ3) is 5.75. The fraction of sp³-hybridized carbons (Fsp3) is 0.727. The number of piperazine rings is 1. The average molecular weight is 443 g/mol. The summed E-state index contributed by atoms with van der Waals surface area (Å²) in [5, 5.41) is 0. The summed E-state index contributed by atoms with van der Waals surface area (Å²) in [6.45, 7) is 10.1. The number of hydrogen-bond donors (Lipinski definition) is 0. The van der Waals surface area contributed by atoms with Crippen LogP contribution in [-0.2, 0) is 15.7 Å². The summed E-state index contributed by atoms with van der Waals surface area (Å²) in [4.78, 5) is 23.0. The molecule has 3 rings (SSSR count). The summed E-state index contributed by atoms with van der Waals surface area (Å²) in [5.41, 5.74) is -1.30. The quantitative estimate of drug-likeness (QED) is 0.648. The van der Waals surface area contributed by atoms with E-state index < -0.39 is 11.9 Å². The van der Waals surface area contributed by atoms with Crippen molar-refractivity contribution in [3.63, 3.8) is 0 Å². The first kappa shape index (κ1) is 23.9. The number of nitrogens with zero attached hydrogens (tertiary/aromatic N) is 4. The lowest BCUT2D eigenvalue weighted by atomic mass is 9.86. The normalized spacial score (nSPS) is 20.5. The molecule has 1 aromatic rings. The second-order valence-corrected chi connectivity index (χ2v) is 8.38. The van der Waals surface area contributed by atoms with Crippen LogP contribution in [0.4, 0.5) is 19.0 Å². The number of amides is 1. The molecule has 1 amide bonds. The molecule has 0 unspecified atom stereocenters. The molecule has 0 aliphatic carbocycles. The highest BCUT2D eigenvalue weighted by atomic mass is 19.4. The van der Waals surface area contributed by atoms with Crippen LogP contribution in [0.5, 0.6) is 0 Å². The van der Waals surface area contributed by atoms with Crippen molar-refractivity contribution in [2.24, 2.45) is 0 Å². The molecule has 0 spiro atoms. The lowest BCUT2D eigenvalue weighted by Crippen LogP contribution is -2.63. The zero-order chi connectivity index (χ0) is 22.5. The molecule has 0 radical (unpaired) electrons. The molecule has 2 saturated heterocycles. The molecule has 2 fully saturated rings. The van der Waals surface area contributed by atoms with Gasteiger partial charge in [0.05, 0.1) is 0 Å². The predicted octanol–water partition coefficient (Wildman–Crippen LogP) is 3.42. The summed E-state index contributed by atoms with van der Waals surface area (Å²) < 4.78 is 45.3. The lowest BCUT2D eigenvalue weighted by Gasteiger charge is -2.51. The molecule has 2 aliphatic rings. The van der Waals surface area contributed by atoms with Gasteiger partial charge in [-0.1, -0.05) is 19.9 Å². The summed E-state index contributed by atoms with van der Waals surface area (Å²) in [6.07, 6.45) is -1.75. The number of hydrogen-bond acceptors (Lipinski definition) is 5. The number of ether oxygens (including phenoxy) is 1. The van der Waals surface area contributed by atoms with E-state index in [0.29, 0.717) is 19.8 Å². The number of alkyl halides is 3. The topological polar surface area (TPSA) is 48.9 Å². The Kier molecular flexibility index (Phi) is 7.93. The highest BCUT2D eigenvalue weighted by Crippen LogP contribution is 2.33. The summed E-state index contributed by atoms with van der Waals surface area (Å²) in [6, 6.07) is 3.76. The zero-order valence-electron chi connectivity index (χ0n) is 18.5. The van der Waals surface area contributed by atoms with E-state index in [1.165, 1.54) is 17.0 Å². The van der Waals surface area contributed by atoms with Gasteiger partial charge in [-0.2, -0.15) is 13.2 Å². The fourth-order valence-corrected chi connectivity index (χ4v) is 4.60. The molecule has 3 heterocycles. The van der Waals surface area contributed by atoms with Crippen molar-refractivity contribution < 1.29 is 22.7 Å². The van der Waals surface area contributed by atoms with Crippen LogP contribution in [0.15, 0.2) is 18.2 Å². The Bertz CT molecular complexity index is 730. The number of aromatic nitrogens is 1. The zero-order valence-corrected chi connectivity index (χ0v) is 18.5. The van der Waals surface area contributed by atoms with Gasteiger partial charge in [0.15, 0.2) is 0 Å².